The molecule has 5 nitrogen and oxygen atoms in total. The zero-order valence-electron chi connectivity index (χ0n) is 9.79. The van der Waals surface area contributed by atoms with Crippen LogP contribution in [0.25, 0.3) is 11.3 Å². The van der Waals surface area contributed by atoms with Crippen molar-refractivity contribution in [1.29, 1.82) is 0 Å². The molecule has 0 N–H and O–H groups in total. The molecule has 0 saturated carbocycles. The molecule has 0 fully saturated rings. The first-order valence-corrected chi connectivity index (χ1v) is 5.32. The van der Waals surface area contributed by atoms with Crippen LogP contribution in [0.2, 0.25) is 0 Å². The zero-order chi connectivity index (χ0) is 14.8. The molecule has 8 heteroatoms. The van der Waals surface area contributed by atoms with Crippen LogP contribution in [0.3, 0.4) is 0 Å². The Kier molecular flexibility index (Phi) is 3.55. The molecule has 1 heterocycles. The van der Waals surface area contributed by atoms with Crippen molar-refractivity contribution in [2.24, 2.45) is 0 Å². The summed E-state index contributed by atoms with van der Waals surface area (Å²) in [4.78, 5) is 13.7. The molecule has 2 aromatic rings. The Bertz CT molecular complexity index is 627. The highest BCUT2D eigenvalue weighted by atomic mass is 19.4. The Morgan fingerprint density at radius 3 is 2.50 bits per heavy atom. The number of hydrogen-bond donors (Lipinski definition) is 0. The summed E-state index contributed by atoms with van der Waals surface area (Å²) in [5.74, 6) is -0.379. The second-order valence-corrected chi connectivity index (χ2v) is 3.73. The van der Waals surface area contributed by atoms with Crippen molar-refractivity contribution in [1.82, 2.24) is 4.98 Å². The fraction of sp³-hybridized carbons (Fsp3) is 0.0833. The maximum absolute atomic E-state index is 12.1. The Morgan fingerprint density at radius 2 is 1.95 bits per heavy atom. The number of rotatable bonds is 3. The first-order chi connectivity index (χ1) is 9.35. The van der Waals surface area contributed by atoms with Gasteiger partial charge in [0, 0.05) is 11.6 Å². The third-order valence-corrected chi connectivity index (χ3v) is 2.32. The number of halogens is 3. The van der Waals surface area contributed by atoms with Gasteiger partial charge in [0.05, 0.1) is 10.6 Å². The van der Waals surface area contributed by atoms with Crippen LogP contribution in [0.5, 0.6) is 5.75 Å². The molecule has 0 saturated heterocycles. The van der Waals surface area contributed by atoms with Gasteiger partial charge in [0.25, 0.3) is 5.69 Å². The molecule has 0 spiro atoms. The normalized spacial score (nSPS) is 11.2. The van der Waals surface area contributed by atoms with Crippen LogP contribution in [0.4, 0.5) is 18.9 Å². The molecule has 0 aliphatic rings. The van der Waals surface area contributed by atoms with Crippen LogP contribution in [0.1, 0.15) is 0 Å². The first kappa shape index (κ1) is 13.8. The van der Waals surface area contributed by atoms with Crippen molar-refractivity contribution < 1.29 is 22.8 Å². The third kappa shape index (κ3) is 3.44. The summed E-state index contributed by atoms with van der Waals surface area (Å²) in [7, 11) is 0. The quantitative estimate of drug-likeness (QED) is 0.638. The Morgan fingerprint density at radius 1 is 1.20 bits per heavy atom. The lowest BCUT2D eigenvalue weighted by Crippen LogP contribution is -2.17. The molecule has 0 atom stereocenters. The van der Waals surface area contributed by atoms with Gasteiger partial charge in [0.2, 0.25) is 0 Å². The molecule has 1 aromatic heterocycles. The molecule has 0 unspecified atom stereocenters. The monoisotopic (exact) mass is 284 g/mol. The molecule has 0 aliphatic carbocycles. The molecule has 0 radical (unpaired) electrons. The SMILES string of the molecule is O=[N+]([O-])c1ccc(-c2cccc(OC(F)(F)F)c2)nc1. The minimum Gasteiger partial charge on any atom is -0.406 e. The van der Waals surface area contributed by atoms with Gasteiger partial charge >= 0.3 is 6.36 Å². The molecule has 1 aromatic carbocycles. The standard InChI is InChI=1S/C12H7F3N2O3/c13-12(14,15)20-10-3-1-2-8(6-10)11-5-4-9(7-16-11)17(18)19/h1-7H. The molecule has 20 heavy (non-hydrogen) atoms. The molecular weight excluding hydrogens is 277 g/mol. The summed E-state index contributed by atoms with van der Waals surface area (Å²) < 4.78 is 40.1. The Hall–Kier alpha value is -2.64. The predicted octanol–water partition coefficient (Wildman–Crippen LogP) is 3.56. The van der Waals surface area contributed by atoms with E-state index in [0.717, 1.165) is 18.3 Å². The van der Waals surface area contributed by atoms with Gasteiger partial charge in [0.1, 0.15) is 11.9 Å². The van der Waals surface area contributed by atoms with Gasteiger partial charge in [-0.05, 0) is 18.2 Å². The van der Waals surface area contributed by atoms with E-state index in [1.807, 2.05) is 0 Å². The average Bonchev–Trinajstić information content (AvgIpc) is 2.37. The van der Waals surface area contributed by atoms with Crippen LogP contribution < -0.4 is 4.74 Å². The Balaban J connectivity index is 2.28. The first-order valence-electron chi connectivity index (χ1n) is 5.32. The van der Waals surface area contributed by atoms with Crippen molar-refractivity contribution in [3.63, 3.8) is 0 Å². The largest absolute Gasteiger partial charge is 0.573 e. The van der Waals surface area contributed by atoms with E-state index in [-0.39, 0.29) is 11.4 Å². The fourth-order valence-electron chi connectivity index (χ4n) is 1.52. The van der Waals surface area contributed by atoms with Crippen molar-refractivity contribution in [2.45, 2.75) is 6.36 Å². The van der Waals surface area contributed by atoms with E-state index in [9.17, 15) is 23.3 Å². The molecule has 2 rings (SSSR count). The van der Waals surface area contributed by atoms with Crippen LogP contribution in [0.15, 0.2) is 42.6 Å². The summed E-state index contributed by atoms with van der Waals surface area (Å²) in [6.45, 7) is 0. The van der Waals surface area contributed by atoms with Gasteiger partial charge in [-0.1, -0.05) is 12.1 Å². The number of benzene rings is 1. The highest BCUT2D eigenvalue weighted by molar-refractivity contribution is 5.61. The van der Waals surface area contributed by atoms with Gasteiger partial charge in [-0.15, -0.1) is 13.2 Å². The Labute approximate surface area is 110 Å². The summed E-state index contributed by atoms with van der Waals surface area (Å²) in [6.07, 6.45) is -3.74. The second-order valence-electron chi connectivity index (χ2n) is 3.73. The minimum atomic E-state index is -4.78. The minimum absolute atomic E-state index is 0.198. The van der Waals surface area contributed by atoms with Gasteiger partial charge in [-0.2, -0.15) is 0 Å². The maximum Gasteiger partial charge on any atom is 0.573 e. The highest BCUT2D eigenvalue weighted by Crippen LogP contribution is 2.27. The molecule has 0 bridgehead atoms. The number of aromatic nitrogens is 1. The van der Waals surface area contributed by atoms with Crippen LogP contribution >= 0.6 is 0 Å². The van der Waals surface area contributed by atoms with E-state index in [0.29, 0.717) is 11.3 Å². The van der Waals surface area contributed by atoms with E-state index in [4.69, 9.17) is 0 Å². The summed E-state index contributed by atoms with van der Waals surface area (Å²) in [6, 6.07) is 7.78. The summed E-state index contributed by atoms with van der Waals surface area (Å²) in [5, 5.41) is 10.5. The molecule has 0 amide bonds. The summed E-state index contributed by atoms with van der Waals surface area (Å²) >= 11 is 0. The maximum atomic E-state index is 12.1. The van der Waals surface area contributed by atoms with E-state index in [2.05, 4.69) is 9.72 Å². The number of ether oxygens (including phenoxy) is 1. The lowest BCUT2D eigenvalue weighted by atomic mass is 10.1. The predicted molar refractivity (Wildman–Crippen MR) is 63.0 cm³/mol. The van der Waals surface area contributed by atoms with E-state index in [1.54, 1.807) is 0 Å². The molecule has 104 valence electrons. The van der Waals surface area contributed by atoms with Crippen molar-refractivity contribution in [2.75, 3.05) is 0 Å². The van der Waals surface area contributed by atoms with Gasteiger partial charge in [-0.3, -0.25) is 10.1 Å². The van der Waals surface area contributed by atoms with Gasteiger partial charge in [0.15, 0.2) is 0 Å². The number of pyridine rings is 1. The molecular formula is C12H7F3N2O3. The van der Waals surface area contributed by atoms with Crippen molar-refractivity contribution in [3.8, 4) is 17.0 Å². The second kappa shape index (κ2) is 5.16. The lowest BCUT2D eigenvalue weighted by Gasteiger charge is -2.09. The van der Waals surface area contributed by atoms with Gasteiger partial charge in [-0.25, -0.2) is 4.98 Å². The lowest BCUT2D eigenvalue weighted by molar-refractivity contribution is -0.385. The van der Waals surface area contributed by atoms with Crippen LogP contribution in [-0.2, 0) is 0 Å². The number of alkyl halides is 3. The topological polar surface area (TPSA) is 65.3 Å². The average molecular weight is 284 g/mol. The van der Waals surface area contributed by atoms with Crippen molar-refractivity contribution >= 4 is 5.69 Å². The highest BCUT2D eigenvalue weighted by Gasteiger charge is 2.31. The molecule has 0 aliphatic heterocycles. The smallest absolute Gasteiger partial charge is 0.406 e. The van der Waals surface area contributed by atoms with E-state index >= 15 is 0 Å². The van der Waals surface area contributed by atoms with Crippen LogP contribution in [-0.4, -0.2) is 16.3 Å². The number of nitrogens with zero attached hydrogens (tertiary/aromatic N) is 2. The number of nitro groups is 1. The number of hydrogen-bond acceptors (Lipinski definition) is 4. The van der Waals surface area contributed by atoms with E-state index in [1.165, 1.54) is 24.3 Å². The van der Waals surface area contributed by atoms with Crippen LogP contribution in [0, 0.1) is 10.1 Å². The van der Waals surface area contributed by atoms with Gasteiger partial charge < -0.3 is 4.74 Å². The fourth-order valence-corrected chi connectivity index (χ4v) is 1.52. The summed E-state index contributed by atoms with van der Waals surface area (Å²) in [5.41, 5.74) is 0.473. The third-order valence-electron chi connectivity index (χ3n) is 2.32. The van der Waals surface area contributed by atoms with E-state index < -0.39 is 11.3 Å². The van der Waals surface area contributed by atoms with Crippen molar-refractivity contribution in [3.05, 3.63) is 52.7 Å². The zero-order valence-corrected chi connectivity index (χ0v) is 9.79.